The predicted octanol–water partition coefficient (Wildman–Crippen LogP) is 3.88. The minimum absolute atomic E-state index is 0.0131. The van der Waals surface area contributed by atoms with Crippen LogP contribution in [-0.2, 0) is 24.0 Å². The van der Waals surface area contributed by atoms with Crippen LogP contribution in [0.2, 0.25) is 13.1 Å². The van der Waals surface area contributed by atoms with Gasteiger partial charge in [0.15, 0.2) is 17.4 Å². The number of benzene rings is 3. The average molecular weight is 779 g/mol. The molecule has 3 aromatic carbocycles. The maximum atomic E-state index is 15.8. The second kappa shape index (κ2) is 15.9. The van der Waals surface area contributed by atoms with Gasteiger partial charge in [-0.05, 0) is 81.6 Å². The molecule has 5 rings (SSSR count). The third kappa shape index (κ3) is 8.36. The van der Waals surface area contributed by atoms with E-state index in [2.05, 4.69) is 0 Å². The lowest BCUT2D eigenvalue weighted by Crippen LogP contribution is -2.51. The lowest BCUT2D eigenvalue weighted by atomic mass is 9.89. The summed E-state index contributed by atoms with van der Waals surface area (Å²) >= 11 is 0. The van der Waals surface area contributed by atoms with Crippen molar-refractivity contribution in [2.75, 3.05) is 49.2 Å². The molecule has 17 heteroatoms. The van der Waals surface area contributed by atoms with Gasteiger partial charge in [-0.3, -0.25) is 24.0 Å². The van der Waals surface area contributed by atoms with E-state index in [4.69, 9.17) is 9.47 Å². The Balaban J connectivity index is 1.60. The Labute approximate surface area is 313 Å². The van der Waals surface area contributed by atoms with Gasteiger partial charge < -0.3 is 44.8 Å². The molecule has 1 aliphatic heterocycles. The van der Waals surface area contributed by atoms with Gasteiger partial charge in [-0.2, -0.15) is 0 Å². The van der Waals surface area contributed by atoms with E-state index in [0.29, 0.717) is 22.3 Å². The van der Waals surface area contributed by atoms with E-state index < -0.39 is 81.3 Å². The number of halogens is 2. The quantitative estimate of drug-likeness (QED) is 0.103. The van der Waals surface area contributed by atoms with Crippen LogP contribution in [0.4, 0.5) is 20.2 Å². The summed E-state index contributed by atoms with van der Waals surface area (Å²) in [6.07, 6.45) is 2.48. The van der Waals surface area contributed by atoms with Crippen LogP contribution in [0.3, 0.4) is 0 Å². The monoisotopic (exact) mass is 778 g/mol. The summed E-state index contributed by atoms with van der Waals surface area (Å²) in [7, 11) is -3.32. The zero-order chi connectivity index (χ0) is 40.4. The fourth-order valence-electron chi connectivity index (χ4n) is 6.80. The van der Waals surface area contributed by atoms with Gasteiger partial charge in [-0.25, -0.2) is 8.78 Å². The van der Waals surface area contributed by atoms with E-state index in [-0.39, 0.29) is 52.0 Å². The molecule has 55 heavy (non-hydrogen) atoms. The molecule has 0 amide bonds. The van der Waals surface area contributed by atoms with E-state index in [1.165, 1.54) is 36.4 Å². The molecule has 0 saturated carbocycles. The van der Waals surface area contributed by atoms with Gasteiger partial charge in [0.25, 0.3) is 0 Å². The number of nitrogens with zero attached hydrogens (tertiary/aromatic N) is 2. The van der Waals surface area contributed by atoms with Crippen molar-refractivity contribution in [2.45, 2.75) is 20.0 Å². The number of ketones is 1. The van der Waals surface area contributed by atoms with Gasteiger partial charge in [0.2, 0.25) is 5.78 Å². The molecule has 0 unspecified atom stereocenters. The Kier molecular flexibility index (Phi) is 11.4. The lowest BCUT2D eigenvalue weighted by Gasteiger charge is -2.38. The molecule has 0 aromatic heterocycles. The number of phenols is 1. The van der Waals surface area contributed by atoms with Crippen molar-refractivity contribution in [3.8, 4) is 17.2 Å². The van der Waals surface area contributed by atoms with Crippen LogP contribution in [-0.4, -0.2) is 103 Å². The zero-order valence-electron chi connectivity index (χ0n) is 29.8. The van der Waals surface area contributed by atoms with E-state index in [1.54, 1.807) is 32.2 Å². The normalized spacial score (nSPS) is 14.2. The zero-order valence-corrected chi connectivity index (χ0v) is 30.8. The lowest BCUT2D eigenvalue weighted by molar-refractivity contribution is -0.138. The summed E-state index contributed by atoms with van der Waals surface area (Å²) in [6, 6.07) is 11.7. The summed E-state index contributed by atoms with van der Waals surface area (Å²) in [6.45, 7) is 1.76. The standard InChI is InChI=1S/C38H36F2N2O12Si/c1-20-4-8-24(41(16-30(45)46)17-31(47)48)28(14-20)53-12-13-54-29-15-21(5-9-25(29)42(18-32(49)50)19-33(51)52)34-22-6-10-26(43)35(39)37(22)55(2,3)38-23(34)7-11-27(44)36(38)40/h4-11,14-15,43H,12-13,16-19H2,1-3H3,(H,45,46)(H,47,48)(H,49,50)(H,51,52). The molecule has 0 fully saturated rings. The van der Waals surface area contributed by atoms with Gasteiger partial charge in [0, 0.05) is 0 Å². The predicted molar refractivity (Wildman–Crippen MR) is 197 cm³/mol. The number of aliphatic carboxylic acids is 4. The first-order valence-electron chi connectivity index (χ1n) is 16.7. The van der Waals surface area contributed by atoms with Crippen LogP contribution in [0.5, 0.6) is 17.2 Å². The molecule has 1 aliphatic carbocycles. The first-order chi connectivity index (χ1) is 25.9. The van der Waals surface area contributed by atoms with Crippen LogP contribution in [0.25, 0.3) is 5.57 Å². The van der Waals surface area contributed by atoms with E-state index in [1.807, 2.05) is 0 Å². The Morgan fingerprint density at radius 1 is 0.727 bits per heavy atom. The number of carboxylic acids is 4. The number of carbonyl (C=O) groups excluding carboxylic acids is 1. The number of hydrogen-bond donors (Lipinski definition) is 5. The molecular weight excluding hydrogens is 743 g/mol. The number of ether oxygens (including phenoxy) is 2. The number of phenolic OH excluding ortho intramolecular Hbond substituents is 1. The highest BCUT2D eigenvalue weighted by atomic mass is 28.3. The van der Waals surface area contributed by atoms with Crippen LogP contribution in [0, 0.1) is 12.7 Å². The van der Waals surface area contributed by atoms with Crippen LogP contribution in [0.1, 0.15) is 16.7 Å². The molecule has 3 aromatic rings. The van der Waals surface area contributed by atoms with Gasteiger partial charge in [0.05, 0.1) is 11.4 Å². The average Bonchev–Trinajstić information content (AvgIpc) is 3.08. The number of hydrogen-bond acceptors (Lipinski definition) is 10. The van der Waals surface area contributed by atoms with Crippen molar-refractivity contribution in [3.05, 3.63) is 99.8 Å². The molecule has 5 N–H and O–H groups in total. The fourth-order valence-corrected chi connectivity index (χ4v) is 10.2. The van der Waals surface area contributed by atoms with Crippen molar-refractivity contribution in [2.24, 2.45) is 0 Å². The van der Waals surface area contributed by atoms with E-state index >= 15 is 8.78 Å². The molecule has 0 saturated heterocycles. The van der Waals surface area contributed by atoms with Gasteiger partial charge in [-0.15, -0.1) is 0 Å². The van der Waals surface area contributed by atoms with E-state index in [0.717, 1.165) is 21.9 Å². The maximum absolute atomic E-state index is 15.8. The molecule has 0 bridgehead atoms. The number of aryl methyl sites for hydroxylation is 1. The van der Waals surface area contributed by atoms with Crippen molar-refractivity contribution in [1.29, 1.82) is 0 Å². The molecule has 14 nitrogen and oxygen atoms in total. The summed E-state index contributed by atoms with van der Waals surface area (Å²) in [5.41, 5.74) is 2.08. The molecule has 0 spiro atoms. The van der Waals surface area contributed by atoms with Crippen molar-refractivity contribution < 1.29 is 67.8 Å². The molecule has 288 valence electrons. The first kappa shape index (κ1) is 39.7. The summed E-state index contributed by atoms with van der Waals surface area (Å²) < 4.78 is 43.6. The number of aromatic hydroxyl groups is 1. The minimum Gasteiger partial charge on any atom is -0.505 e. The Morgan fingerprint density at radius 2 is 1.24 bits per heavy atom. The summed E-state index contributed by atoms with van der Waals surface area (Å²) in [5, 5.41) is 48.4. The topological polar surface area (TPSA) is 211 Å². The molecule has 1 heterocycles. The molecule has 2 aliphatic rings. The summed E-state index contributed by atoms with van der Waals surface area (Å²) in [4.78, 5) is 61.4. The number of allylic oxidation sites excluding steroid dienone is 5. The van der Waals surface area contributed by atoms with Crippen molar-refractivity contribution in [1.82, 2.24) is 0 Å². The molecular formula is C38H36F2N2O12Si. The first-order valence-corrected chi connectivity index (χ1v) is 19.7. The van der Waals surface area contributed by atoms with Crippen molar-refractivity contribution in [3.63, 3.8) is 0 Å². The van der Waals surface area contributed by atoms with Crippen LogP contribution in [0.15, 0.2) is 77.3 Å². The Hall–Kier alpha value is -6.49. The van der Waals surface area contributed by atoms with Gasteiger partial charge in [-0.1, -0.05) is 37.4 Å². The SMILES string of the molecule is Cc1ccc(N(CC(=O)O)CC(=O)O)c(OCCOc2cc(C3=C4C=CC(=O)C(F)=C4[Si](C)(C)c4c3ccc(O)c4F)ccc2N(CC(=O)O)CC(=O)O)c1. The van der Waals surface area contributed by atoms with Crippen molar-refractivity contribution >= 4 is 59.9 Å². The molecule has 0 radical (unpaired) electrons. The van der Waals surface area contributed by atoms with E-state index in [9.17, 15) is 49.5 Å². The van der Waals surface area contributed by atoms with Gasteiger partial charge in [0.1, 0.15) is 59.0 Å². The third-order valence-electron chi connectivity index (χ3n) is 8.96. The number of carboxylic acid groups (broad SMARTS) is 4. The Bertz CT molecular complexity index is 2180. The number of fused-ring (bicyclic) bond motifs is 2. The second-order valence-corrected chi connectivity index (χ2v) is 17.5. The van der Waals surface area contributed by atoms with Crippen LogP contribution < -0.4 is 24.5 Å². The minimum atomic E-state index is -3.32. The number of anilines is 2. The smallest absolute Gasteiger partial charge is 0.323 e. The highest BCUT2D eigenvalue weighted by molar-refractivity contribution is 6.98. The number of rotatable bonds is 16. The van der Waals surface area contributed by atoms with Gasteiger partial charge >= 0.3 is 23.9 Å². The maximum Gasteiger partial charge on any atom is 0.323 e. The molecule has 0 atom stereocenters. The highest BCUT2D eigenvalue weighted by Gasteiger charge is 2.45. The Morgan fingerprint density at radius 3 is 1.76 bits per heavy atom. The third-order valence-corrected chi connectivity index (χ3v) is 12.4. The number of carbonyl (C=O) groups is 5. The summed E-state index contributed by atoms with van der Waals surface area (Å²) in [5.74, 6) is -8.75. The fraction of sp³-hybridized carbons (Fsp3) is 0.237. The van der Waals surface area contributed by atoms with Crippen LogP contribution >= 0.6 is 0 Å². The largest absolute Gasteiger partial charge is 0.505 e. The second-order valence-electron chi connectivity index (χ2n) is 13.3. The highest BCUT2D eigenvalue weighted by Crippen LogP contribution is 2.46.